The van der Waals surface area contributed by atoms with E-state index in [2.05, 4.69) is 30.1 Å². The van der Waals surface area contributed by atoms with Gasteiger partial charge in [0.25, 0.3) is 0 Å². The lowest BCUT2D eigenvalue weighted by Crippen LogP contribution is -2.63. The molecule has 11 nitrogen and oxygen atoms in total. The number of carbonyl (C=O) groups excluding carboxylic acids is 3. The minimum atomic E-state index is -1.03. The molecule has 274 valence electrons. The first-order chi connectivity index (χ1) is 22.6. The van der Waals surface area contributed by atoms with Crippen LogP contribution in [0.1, 0.15) is 93.9 Å². The van der Waals surface area contributed by atoms with E-state index in [1.807, 2.05) is 72.1 Å². The van der Waals surface area contributed by atoms with Crippen LogP contribution in [0, 0.1) is 11.8 Å². The van der Waals surface area contributed by atoms with Gasteiger partial charge in [0.05, 0.1) is 11.7 Å². The molecule has 2 aliphatic heterocycles. The van der Waals surface area contributed by atoms with E-state index in [0.717, 1.165) is 31.4 Å². The highest BCUT2D eigenvalue weighted by molar-refractivity contribution is 5.98. The maximum Gasteiger partial charge on any atom is 0.412 e. The molecule has 0 saturated carbocycles. The van der Waals surface area contributed by atoms with Crippen molar-refractivity contribution in [1.82, 2.24) is 10.2 Å². The molecule has 48 heavy (non-hydrogen) atoms. The van der Waals surface area contributed by atoms with Gasteiger partial charge in [0.2, 0.25) is 5.72 Å². The third-order valence-corrected chi connectivity index (χ3v) is 8.72. The van der Waals surface area contributed by atoms with Crippen molar-refractivity contribution in [2.24, 2.45) is 11.8 Å². The van der Waals surface area contributed by atoms with Crippen LogP contribution in [-0.4, -0.2) is 92.0 Å². The van der Waals surface area contributed by atoms with E-state index in [-0.39, 0.29) is 30.8 Å². The van der Waals surface area contributed by atoms with Crippen molar-refractivity contribution < 1.29 is 43.2 Å². The van der Waals surface area contributed by atoms with E-state index in [1.54, 1.807) is 14.0 Å². The predicted molar refractivity (Wildman–Crippen MR) is 187 cm³/mol. The number of amides is 1. The van der Waals surface area contributed by atoms with Gasteiger partial charge in [-0.2, -0.15) is 0 Å². The second-order valence-corrected chi connectivity index (χ2v) is 13.0. The fraction of sp³-hybridized carbons (Fsp3) is 0.703. The topological polar surface area (TPSA) is 133 Å². The minimum absolute atomic E-state index is 0.150. The van der Waals surface area contributed by atoms with Crippen LogP contribution in [0.2, 0.25) is 0 Å². The van der Waals surface area contributed by atoms with E-state index >= 15 is 0 Å². The zero-order valence-corrected chi connectivity index (χ0v) is 31.2. The number of benzene rings is 1. The highest BCUT2D eigenvalue weighted by atomic mass is 16.6. The van der Waals surface area contributed by atoms with Gasteiger partial charge in [0.15, 0.2) is 12.9 Å². The van der Waals surface area contributed by atoms with Gasteiger partial charge in [-0.25, -0.2) is 4.79 Å². The summed E-state index contributed by atoms with van der Waals surface area (Å²) in [6.45, 7) is 15.7. The summed E-state index contributed by atoms with van der Waals surface area (Å²) in [6.07, 6.45) is 5.23. The summed E-state index contributed by atoms with van der Waals surface area (Å²) in [5, 5.41) is 11.7. The van der Waals surface area contributed by atoms with Crippen molar-refractivity contribution in [3.8, 4) is 5.75 Å². The number of rotatable bonds is 16. The quantitative estimate of drug-likeness (QED) is 0.117. The van der Waals surface area contributed by atoms with E-state index in [4.69, 9.17) is 23.7 Å². The van der Waals surface area contributed by atoms with Crippen molar-refractivity contribution in [2.75, 3.05) is 34.4 Å². The lowest BCUT2D eigenvalue weighted by atomic mass is 9.83. The van der Waals surface area contributed by atoms with Crippen LogP contribution in [0.15, 0.2) is 42.0 Å². The molecule has 1 aromatic rings. The van der Waals surface area contributed by atoms with Crippen LogP contribution in [-0.2, 0) is 28.5 Å². The highest BCUT2D eigenvalue weighted by Gasteiger charge is 2.42. The zero-order valence-electron chi connectivity index (χ0n) is 31.2. The second kappa shape index (κ2) is 21.2. The maximum absolute atomic E-state index is 12.7. The number of cyclic esters (lactones) is 1. The number of hydrogen-bond acceptors (Lipinski definition) is 10. The molecule has 3 rings (SSSR count). The molecule has 0 aliphatic carbocycles. The summed E-state index contributed by atoms with van der Waals surface area (Å²) < 4.78 is 26.9. The summed E-state index contributed by atoms with van der Waals surface area (Å²) in [4.78, 5) is 38.0. The number of ether oxygens (including phenoxy) is 5. The Bertz CT molecular complexity index is 1120. The number of nitrogens with one attached hydrogen (secondary N) is 1. The van der Waals surface area contributed by atoms with Gasteiger partial charge in [-0.1, -0.05) is 51.5 Å². The number of hydrogen-bond donors (Lipinski definition) is 2. The zero-order chi connectivity index (χ0) is 36.5. The molecule has 1 aromatic carbocycles. The first kappa shape index (κ1) is 43.0. The van der Waals surface area contributed by atoms with Gasteiger partial charge in [0, 0.05) is 26.0 Å². The summed E-state index contributed by atoms with van der Waals surface area (Å²) in [6, 6.07) is 10.2. The van der Waals surface area contributed by atoms with Crippen LogP contribution in [0.3, 0.4) is 0 Å². The van der Waals surface area contributed by atoms with E-state index in [1.165, 1.54) is 12.5 Å². The molecule has 0 spiro atoms. The Morgan fingerprint density at radius 1 is 1.19 bits per heavy atom. The first-order valence-corrected chi connectivity index (χ1v) is 17.2. The van der Waals surface area contributed by atoms with Crippen LogP contribution in [0.25, 0.3) is 0 Å². The van der Waals surface area contributed by atoms with Gasteiger partial charge < -0.3 is 33.7 Å². The Balaban J connectivity index is 0.000000741. The molecule has 2 heterocycles. The molecule has 2 N–H and O–H groups in total. The molecule has 0 aromatic heterocycles. The largest absolute Gasteiger partial charge is 0.490 e. The highest BCUT2D eigenvalue weighted by Crippen LogP contribution is 2.31. The number of ketones is 1. The fourth-order valence-corrected chi connectivity index (χ4v) is 5.60. The summed E-state index contributed by atoms with van der Waals surface area (Å²) in [5.41, 5.74) is -0.284. The van der Waals surface area contributed by atoms with Gasteiger partial charge in [-0.3, -0.25) is 14.9 Å². The molecular formula is C37H62N2O9. The summed E-state index contributed by atoms with van der Waals surface area (Å²) in [7, 11) is 5.72. The summed E-state index contributed by atoms with van der Waals surface area (Å²) in [5.74, 6) is -0.687. The number of para-hydroxylation sites is 1. The van der Waals surface area contributed by atoms with E-state index in [9.17, 15) is 19.5 Å². The van der Waals surface area contributed by atoms with Crippen LogP contribution in [0.4, 0.5) is 4.79 Å². The molecule has 0 radical (unpaired) electrons. The van der Waals surface area contributed by atoms with Crippen molar-refractivity contribution >= 4 is 17.8 Å². The average molecular weight is 679 g/mol. The number of aliphatic hydroxyl groups excluding tert-OH is 1. The third kappa shape index (κ3) is 15.1. The van der Waals surface area contributed by atoms with Gasteiger partial charge in [-0.15, -0.1) is 0 Å². The Labute approximate surface area is 288 Å². The second-order valence-electron chi connectivity index (χ2n) is 13.0. The molecule has 4 unspecified atom stereocenters. The number of allylic oxidation sites excluding steroid dienone is 1. The van der Waals surface area contributed by atoms with Gasteiger partial charge in [-0.05, 0) is 91.6 Å². The monoisotopic (exact) mass is 678 g/mol. The molecule has 2 saturated heterocycles. The van der Waals surface area contributed by atoms with Crippen molar-refractivity contribution in [2.45, 2.75) is 124 Å². The number of Topliss-reactive ketones (excluding diaryl/α,β-unsaturated/α-hetero) is 1. The number of nitrogens with zero attached hydrogens (tertiary/aromatic N) is 1. The lowest BCUT2D eigenvalue weighted by molar-refractivity contribution is -0.172. The van der Waals surface area contributed by atoms with E-state index < -0.39 is 35.6 Å². The number of aliphatic hydroxyl groups is 1. The maximum atomic E-state index is 12.7. The van der Waals surface area contributed by atoms with Gasteiger partial charge in [0.1, 0.15) is 24.1 Å². The Kier molecular flexibility index (Phi) is 19.0. The molecule has 2 aliphatic rings. The predicted octanol–water partition coefficient (Wildman–Crippen LogP) is 6.28. The smallest absolute Gasteiger partial charge is 0.412 e. The van der Waals surface area contributed by atoms with E-state index in [0.29, 0.717) is 19.1 Å². The molecule has 1 amide bonds. The number of esters is 1. The standard InChI is InChI=1S/C27H39NO7.C8H17NO2.C2H6/c1-7-21(14-16-33-22-11-9-8-10-12-22)19(2)17-26(4,32-6)15-13-23(29)20(3)24(30)34-18-27(5)28-25(31)35-27;1-6-4-7(9(2)3)5-8(10)11-6;1-2/h8-12,14,19-20H,7,13,15-18H2,1-6H3,(H,28,31);6-8,10H,4-5H2,1-3H3;1-2H3/b21-14-;;/t19-,20?,26+,27-;;/m1../s1. The molecular weight excluding hydrogens is 616 g/mol. The molecule has 0 bridgehead atoms. The molecule has 7 atom stereocenters. The van der Waals surface area contributed by atoms with Crippen molar-refractivity contribution in [3.05, 3.63) is 42.0 Å². The third-order valence-electron chi connectivity index (χ3n) is 8.72. The van der Waals surface area contributed by atoms with Crippen LogP contribution >= 0.6 is 0 Å². The minimum Gasteiger partial charge on any atom is -0.490 e. The van der Waals surface area contributed by atoms with Gasteiger partial charge >= 0.3 is 12.1 Å². The molecule has 2 fully saturated rings. The average Bonchev–Trinajstić information content (AvgIpc) is 3.04. The van der Waals surface area contributed by atoms with Crippen molar-refractivity contribution in [3.63, 3.8) is 0 Å². The summed E-state index contributed by atoms with van der Waals surface area (Å²) >= 11 is 0. The SMILES string of the molecule is CC.CC/C(=C/COc1ccccc1)[C@H](C)C[C@](C)(CCC(=O)C(C)C(=O)OC[C@]1(C)NC(=O)O1)OC.CC1CC(N(C)C)CC(O)O1. The lowest BCUT2D eigenvalue weighted by Gasteiger charge is -2.37. The first-order valence-electron chi connectivity index (χ1n) is 17.2. The Morgan fingerprint density at radius 2 is 1.81 bits per heavy atom. The van der Waals surface area contributed by atoms with Crippen molar-refractivity contribution in [1.29, 1.82) is 0 Å². The molecule has 11 heteroatoms. The van der Waals surface area contributed by atoms with Crippen LogP contribution < -0.4 is 10.1 Å². The Hall–Kier alpha value is -2.99. The normalized spacial score (nSPS) is 24.5. The Morgan fingerprint density at radius 3 is 2.33 bits per heavy atom. The number of carbonyl (C=O) groups is 3. The van der Waals surface area contributed by atoms with Crippen LogP contribution in [0.5, 0.6) is 5.75 Å². The fourth-order valence-electron chi connectivity index (χ4n) is 5.60. The number of methoxy groups -OCH3 is 1.